The zero-order valence-corrected chi connectivity index (χ0v) is 27.1. The minimum Gasteiger partial charge on any atom is -0.465 e. The molecule has 40 heavy (non-hydrogen) atoms. The van der Waals surface area contributed by atoms with Crippen LogP contribution in [0.1, 0.15) is 182 Å². The number of esters is 2. The molecule has 0 aromatic rings. The van der Waals surface area contributed by atoms with Crippen molar-refractivity contribution in [3.63, 3.8) is 0 Å². The van der Waals surface area contributed by atoms with E-state index in [1.54, 1.807) is 0 Å². The third kappa shape index (κ3) is 25.6. The van der Waals surface area contributed by atoms with Gasteiger partial charge in [-0.3, -0.25) is 14.4 Å². The van der Waals surface area contributed by atoms with Crippen molar-refractivity contribution in [2.24, 2.45) is 11.8 Å². The maximum absolute atomic E-state index is 12.1. The molecule has 0 bridgehead atoms. The number of unbranched alkanes of at least 4 members (excludes halogenated alkanes) is 12. The van der Waals surface area contributed by atoms with E-state index in [1.165, 1.54) is 25.7 Å². The number of ketones is 1. The number of hydrogen-bond acceptors (Lipinski definition) is 5. The van der Waals surface area contributed by atoms with Crippen molar-refractivity contribution >= 4 is 17.7 Å². The van der Waals surface area contributed by atoms with Crippen LogP contribution >= 0.6 is 0 Å². The molecule has 0 aromatic carbocycles. The molecule has 0 spiro atoms. The lowest BCUT2D eigenvalue weighted by Gasteiger charge is -2.14. The van der Waals surface area contributed by atoms with Gasteiger partial charge in [0, 0.05) is 25.7 Å². The van der Waals surface area contributed by atoms with Gasteiger partial charge in [-0.05, 0) is 50.4 Å². The molecule has 0 aromatic heterocycles. The van der Waals surface area contributed by atoms with Gasteiger partial charge in [0.1, 0.15) is 5.78 Å². The second-order valence-electron chi connectivity index (χ2n) is 12.0. The number of Topliss-reactive ketones (excluding diaryl/α,β-unsaturated/α-hetero) is 1. The summed E-state index contributed by atoms with van der Waals surface area (Å²) in [4.78, 5) is 36.0. The van der Waals surface area contributed by atoms with E-state index in [9.17, 15) is 14.4 Å². The fraction of sp³-hybridized carbons (Fsp3) is 0.914. The van der Waals surface area contributed by atoms with Crippen LogP contribution in [0.25, 0.3) is 0 Å². The van der Waals surface area contributed by atoms with Crippen LogP contribution in [-0.2, 0) is 23.9 Å². The highest BCUT2D eigenvalue weighted by Gasteiger charge is 2.11. The van der Waals surface area contributed by atoms with Crippen molar-refractivity contribution in [1.82, 2.24) is 0 Å². The zero-order chi connectivity index (χ0) is 29.7. The quantitative estimate of drug-likeness (QED) is 0.0639. The number of rotatable bonds is 30. The van der Waals surface area contributed by atoms with Crippen molar-refractivity contribution < 1.29 is 23.9 Å². The van der Waals surface area contributed by atoms with Gasteiger partial charge in [0.25, 0.3) is 0 Å². The molecule has 5 nitrogen and oxygen atoms in total. The molecule has 0 aliphatic carbocycles. The normalized spacial score (nSPS) is 12.7. The van der Waals surface area contributed by atoms with E-state index < -0.39 is 0 Å². The number of carbonyl (C=O) groups excluding carboxylic acids is 3. The molecule has 5 heteroatoms. The van der Waals surface area contributed by atoms with Crippen LogP contribution in [0.3, 0.4) is 0 Å². The van der Waals surface area contributed by atoms with Gasteiger partial charge in [-0.15, -0.1) is 0 Å². The molecule has 0 saturated heterocycles. The van der Waals surface area contributed by atoms with Gasteiger partial charge in [-0.2, -0.15) is 0 Å². The second-order valence-corrected chi connectivity index (χ2v) is 12.0. The van der Waals surface area contributed by atoms with Crippen LogP contribution < -0.4 is 0 Å². The maximum Gasteiger partial charge on any atom is 0.305 e. The first kappa shape index (κ1) is 38.6. The third-order valence-corrected chi connectivity index (χ3v) is 8.22. The highest BCUT2D eigenvalue weighted by Crippen LogP contribution is 2.16. The Kier molecular flexibility index (Phi) is 28.1. The lowest BCUT2D eigenvalue weighted by Crippen LogP contribution is -2.13. The fourth-order valence-corrected chi connectivity index (χ4v) is 5.08. The van der Waals surface area contributed by atoms with Crippen molar-refractivity contribution in [3.05, 3.63) is 0 Å². The number of ether oxygens (including phenoxy) is 2. The summed E-state index contributed by atoms with van der Waals surface area (Å²) in [6.45, 7) is 9.91. The van der Waals surface area contributed by atoms with Crippen molar-refractivity contribution in [2.45, 2.75) is 182 Å². The van der Waals surface area contributed by atoms with E-state index in [4.69, 9.17) is 9.47 Å². The van der Waals surface area contributed by atoms with E-state index in [-0.39, 0.29) is 11.9 Å². The van der Waals surface area contributed by atoms with E-state index in [1.807, 2.05) is 0 Å². The Morgan fingerprint density at radius 3 is 1.10 bits per heavy atom. The van der Waals surface area contributed by atoms with Crippen LogP contribution in [-0.4, -0.2) is 30.9 Å². The van der Waals surface area contributed by atoms with Crippen molar-refractivity contribution in [3.8, 4) is 0 Å². The zero-order valence-electron chi connectivity index (χ0n) is 27.1. The molecular weight excluding hydrogens is 500 g/mol. The molecule has 2 unspecified atom stereocenters. The first-order chi connectivity index (χ1) is 19.5. The van der Waals surface area contributed by atoms with E-state index in [0.29, 0.717) is 56.5 Å². The first-order valence-corrected chi connectivity index (χ1v) is 17.3. The Morgan fingerprint density at radius 2 is 0.775 bits per heavy atom. The molecule has 0 aliphatic heterocycles. The molecule has 0 rings (SSSR count). The van der Waals surface area contributed by atoms with E-state index in [2.05, 4.69) is 27.7 Å². The van der Waals surface area contributed by atoms with E-state index in [0.717, 1.165) is 103 Å². The highest BCUT2D eigenvalue weighted by molar-refractivity contribution is 5.78. The number of hydrogen-bond donors (Lipinski definition) is 0. The molecule has 0 heterocycles. The van der Waals surface area contributed by atoms with E-state index >= 15 is 0 Å². The Labute approximate surface area is 248 Å². The largest absolute Gasteiger partial charge is 0.465 e. The molecule has 0 radical (unpaired) electrons. The van der Waals surface area contributed by atoms with Crippen LogP contribution in [0.5, 0.6) is 0 Å². The molecule has 0 fully saturated rings. The summed E-state index contributed by atoms with van der Waals surface area (Å²) in [5.74, 6) is 1.34. The summed E-state index contributed by atoms with van der Waals surface area (Å²) in [5.41, 5.74) is 0. The lowest BCUT2D eigenvalue weighted by molar-refractivity contribution is -0.146. The fourth-order valence-electron chi connectivity index (χ4n) is 5.08. The van der Waals surface area contributed by atoms with Gasteiger partial charge in [0.15, 0.2) is 0 Å². The van der Waals surface area contributed by atoms with Gasteiger partial charge in [-0.25, -0.2) is 0 Å². The molecule has 0 saturated carbocycles. The van der Waals surface area contributed by atoms with Crippen LogP contribution in [0.15, 0.2) is 0 Å². The van der Waals surface area contributed by atoms with Crippen LogP contribution in [0.2, 0.25) is 0 Å². The topological polar surface area (TPSA) is 69.7 Å². The average Bonchev–Trinajstić information content (AvgIpc) is 2.95. The maximum atomic E-state index is 12.1. The van der Waals surface area contributed by atoms with Gasteiger partial charge in [-0.1, -0.05) is 118 Å². The summed E-state index contributed by atoms with van der Waals surface area (Å²) >= 11 is 0. The van der Waals surface area contributed by atoms with Crippen molar-refractivity contribution in [2.75, 3.05) is 13.2 Å². The van der Waals surface area contributed by atoms with Gasteiger partial charge in [0.2, 0.25) is 0 Å². The van der Waals surface area contributed by atoms with Crippen LogP contribution in [0.4, 0.5) is 0 Å². The Bertz CT molecular complexity index is 553. The second kappa shape index (κ2) is 29.1. The van der Waals surface area contributed by atoms with Gasteiger partial charge < -0.3 is 9.47 Å². The highest BCUT2D eigenvalue weighted by atomic mass is 16.5. The summed E-state index contributed by atoms with van der Waals surface area (Å²) in [6.07, 6.45) is 24.5. The monoisotopic (exact) mass is 566 g/mol. The minimum atomic E-state index is -0.0427. The predicted molar refractivity (Wildman–Crippen MR) is 167 cm³/mol. The average molecular weight is 567 g/mol. The van der Waals surface area contributed by atoms with Gasteiger partial charge in [0.05, 0.1) is 13.2 Å². The molecule has 236 valence electrons. The summed E-state index contributed by atoms with van der Waals surface area (Å²) in [6, 6.07) is 0. The smallest absolute Gasteiger partial charge is 0.305 e. The third-order valence-electron chi connectivity index (χ3n) is 8.22. The Morgan fingerprint density at radius 1 is 0.450 bits per heavy atom. The summed E-state index contributed by atoms with van der Waals surface area (Å²) < 4.78 is 10.9. The minimum absolute atomic E-state index is 0.0427. The standard InChI is InChI=1S/C35H66O5/c1-5-9-23-31(7-3)29-39-34(37)27-21-17-13-11-15-19-25-33(36)26-20-16-12-14-18-22-28-35(38)40-30-32(8-4)24-10-6-2/h31-32H,5-30H2,1-4H3. The van der Waals surface area contributed by atoms with Crippen molar-refractivity contribution in [1.29, 1.82) is 0 Å². The SMILES string of the molecule is CCCCC(CC)COC(=O)CCCCCCCCC(=O)CCCCCCCCC(=O)OCC(CC)CCCC. The summed E-state index contributed by atoms with van der Waals surface area (Å²) in [5, 5.41) is 0. The first-order valence-electron chi connectivity index (χ1n) is 17.3. The van der Waals surface area contributed by atoms with Crippen LogP contribution in [0, 0.1) is 11.8 Å². The molecule has 0 aliphatic rings. The predicted octanol–water partition coefficient (Wildman–Crippen LogP) is 10.3. The summed E-state index contributed by atoms with van der Waals surface area (Å²) in [7, 11) is 0. The molecule has 0 amide bonds. The lowest BCUT2D eigenvalue weighted by atomic mass is 10.0. The Balaban J connectivity index is 3.49. The molecular formula is C35H66O5. The molecule has 2 atom stereocenters. The van der Waals surface area contributed by atoms with Gasteiger partial charge >= 0.3 is 11.9 Å². The number of carbonyl (C=O) groups is 3. The molecule has 0 N–H and O–H groups in total. The Hall–Kier alpha value is -1.39.